The minimum atomic E-state index is -0.0142. The molecule has 1 aliphatic heterocycles. The van der Waals surface area contributed by atoms with Crippen LogP contribution in [0.5, 0.6) is 5.75 Å². The maximum atomic E-state index is 9.71. The molecule has 0 spiro atoms. The number of nitrogens with zero attached hydrogens (tertiary/aromatic N) is 4. The van der Waals surface area contributed by atoms with Crippen LogP contribution in [0.15, 0.2) is 42.5 Å². The van der Waals surface area contributed by atoms with Crippen molar-refractivity contribution in [3.05, 3.63) is 70.7 Å². The van der Waals surface area contributed by atoms with Crippen molar-refractivity contribution < 1.29 is 9.84 Å². The van der Waals surface area contributed by atoms with Gasteiger partial charge in [-0.3, -0.25) is 4.90 Å². The van der Waals surface area contributed by atoms with Crippen molar-refractivity contribution in [1.29, 1.82) is 0 Å². The van der Waals surface area contributed by atoms with E-state index in [1.807, 2.05) is 45.0 Å². The van der Waals surface area contributed by atoms with E-state index in [9.17, 15) is 5.11 Å². The average Bonchev–Trinajstić information content (AvgIpc) is 2.80. The van der Waals surface area contributed by atoms with Crippen molar-refractivity contribution in [3.63, 3.8) is 0 Å². The van der Waals surface area contributed by atoms with Gasteiger partial charge in [-0.05, 0) is 76.1 Å². The van der Waals surface area contributed by atoms with Gasteiger partial charge in [-0.15, -0.1) is 0 Å². The first-order valence-corrected chi connectivity index (χ1v) is 11.7. The number of nitrogens with one attached hydrogen (secondary N) is 1. The van der Waals surface area contributed by atoms with Gasteiger partial charge in [0, 0.05) is 41.7 Å². The Morgan fingerprint density at radius 2 is 1.91 bits per heavy atom. The third-order valence-corrected chi connectivity index (χ3v) is 5.92. The molecular formula is C26H33N5O2. The first-order valence-electron chi connectivity index (χ1n) is 11.7. The molecule has 1 saturated heterocycles. The molecule has 0 amide bonds. The summed E-state index contributed by atoms with van der Waals surface area (Å²) in [6.07, 6.45) is 2.26. The van der Waals surface area contributed by atoms with Gasteiger partial charge in [-0.2, -0.15) is 0 Å². The van der Waals surface area contributed by atoms with Crippen LogP contribution in [-0.2, 0) is 13.2 Å². The second-order valence-electron chi connectivity index (χ2n) is 8.65. The van der Waals surface area contributed by atoms with Gasteiger partial charge in [0.05, 0.1) is 13.2 Å². The van der Waals surface area contributed by atoms with E-state index >= 15 is 0 Å². The Morgan fingerprint density at radius 3 is 2.67 bits per heavy atom. The molecule has 1 atom stereocenters. The first kappa shape index (κ1) is 23.1. The maximum Gasteiger partial charge on any atom is 0.228 e. The number of benzene rings is 1. The van der Waals surface area contributed by atoms with Gasteiger partial charge in [0.2, 0.25) is 5.95 Å². The molecule has 2 aromatic heterocycles. The SMILES string of the molecule is CCOc1ccc(CN2CCCC(c3cccc(Nc4nc(C)cc(C)n4)n3)C2)cc1CO. The monoisotopic (exact) mass is 447 g/mol. The predicted molar refractivity (Wildman–Crippen MR) is 130 cm³/mol. The van der Waals surface area contributed by atoms with Gasteiger partial charge < -0.3 is 15.2 Å². The van der Waals surface area contributed by atoms with Gasteiger partial charge >= 0.3 is 0 Å². The minimum Gasteiger partial charge on any atom is -0.494 e. The third-order valence-electron chi connectivity index (χ3n) is 5.92. The highest BCUT2D eigenvalue weighted by Gasteiger charge is 2.23. The Hall–Kier alpha value is -3.03. The normalized spacial score (nSPS) is 16.5. The lowest BCUT2D eigenvalue weighted by atomic mass is 9.94. The summed E-state index contributed by atoms with van der Waals surface area (Å²) < 4.78 is 5.62. The quantitative estimate of drug-likeness (QED) is 0.526. The third kappa shape index (κ3) is 6.06. The van der Waals surface area contributed by atoms with Crippen molar-refractivity contribution in [2.45, 2.75) is 52.7 Å². The highest BCUT2D eigenvalue weighted by atomic mass is 16.5. The molecule has 1 aliphatic rings. The molecule has 1 aromatic carbocycles. The van der Waals surface area contributed by atoms with E-state index in [2.05, 4.69) is 38.4 Å². The lowest BCUT2D eigenvalue weighted by Crippen LogP contribution is -2.34. The summed E-state index contributed by atoms with van der Waals surface area (Å²) in [5, 5.41) is 13.0. The van der Waals surface area contributed by atoms with E-state index in [-0.39, 0.29) is 6.61 Å². The highest BCUT2D eigenvalue weighted by Crippen LogP contribution is 2.29. The fourth-order valence-electron chi connectivity index (χ4n) is 4.49. The van der Waals surface area contributed by atoms with Crippen LogP contribution in [0.3, 0.4) is 0 Å². The molecule has 174 valence electrons. The largest absolute Gasteiger partial charge is 0.494 e. The summed E-state index contributed by atoms with van der Waals surface area (Å²) in [5.74, 6) is 2.49. The summed E-state index contributed by atoms with van der Waals surface area (Å²) in [6, 6.07) is 14.2. The molecule has 4 rings (SSSR count). The molecule has 2 N–H and O–H groups in total. The number of hydrogen-bond donors (Lipinski definition) is 2. The molecule has 0 radical (unpaired) electrons. The number of aliphatic hydroxyl groups is 1. The van der Waals surface area contributed by atoms with Crippen LogP contribution in [0.25, 0.3) is 0 Å². The molecule has 1 unspecified atom stereocenters. The van der Waals surface area contributed by atoms with E-state index in [4.69, 9.17) is 9.72 Å². The summed E-state index contributed by atoms with van der Waals surface area (Å²) in [7, 11) is 0. The molecule has 3 heterocycles. The minimum absolute atomic E-state index is 0.0142. The number of likely N-dealkylation sites (tertiary alicyclic amines) is 1. The van der Waals surface area contributed by atoms with Gasteiger partial charge in [-0.25, -0.2) is 15.0 Å². The predicted octanol–water partition coefficient (Wildman–Crippen LogP) is 4.50. The Morgan fingerprint density at radius 1 is 1.09 bits per heavy atom. The first-order chi connectivity index (χ1) is 16.0. The highest BCUT2D eigenvalue weighted by molar-refractivity contribution is 5.48. The Bertz CT molecular complexity index is 1070. The Labute approximate surface area is 195 Å². The molecule has 0 saturated carbocycles. The maximum absolute atomic E-state index is 9.71. The van der Waals surface area contributed by atoms with Crippen molar-refractivity contribution in [1.82, 2.24) is 19.9 Å². The number of rotatable bonds is 8. The molecule has 0 bridgehead atoms. The summed E-state index contributed by atoms with van der Waals surface area (Å²) in [5.41, 5.74) is 5.00. The van der Waals surface area contributed by atoms with E-state index in [1.165, 1.54) is 5.56 Å². The second kappa shape index (κ2) is 10.7. The molecular weight excluding hydrogens is 414 g/mol. The molecule has 7 heteroatoms. The fourth-order valence-corrected chi connectivity index (χ4v) is 4.49. The van der Waals surface area contributed by atoms with E-state index in [0.29, 0.717) is 18.5 Å². The zero-order valence-electron chi connectivity index (χ0n) is 19.7. The lowest BCUT2D eigenvalue weighted by molar-refractivity contribution is 0.198. The van der Waals surface area contributed by atoms with Crippen LogP contribution >= 0.6 is 0 Å². The number of aliphatic hydroxyl groups excluding tert-OH is 1. The van der Waals surface area contributed by atoms with Crippen LogP contribution in [0.2, 0.25) is 0 Å². The van der Waals surface area contributed by atoms with Gasteiger partial charge in [-0.1, -0.05) is 12.1 Å². The topological polar surface area (TPSA) is 83.4 Å². The van der Waals surface area contributed by atoms with Crippen LogP contribution in [0.1, 0.15) is 53.9 Å². The number of pyridine rings is 1. The smallest absolute Gasteiger partial charge is 0.228 e. The number of aryl methyl sites for hydroxylation is 2. The van der Waals surface area contributed by atoms with Crippen molar-refractivity contribution in [2.24, 2.45) is 0 Å². The number of aromatic nitrogens is 3. The lowest BCUT2D eigenvalue weighted by Gasteiger charge is -2.32. The van der Waals surface area contributed by atoms with Crippen LogP contribution < -0.4 is 10.1 Å². The van der Waals surface area contributed by atoms with E-state index < -0.39 is 0 Å². The molecule has 33 heavy (non-hydrogen) atoms. The number of anilines is 2. The van der Waals surface area contributed by atoms with Gasteiger partial charge in [0.1, 0.15) is 11.6 Å². The molecule has 7 nitrogen and oxygen atoms in total. The van der Waals surface area contributed by atoms with Crippen molar-refractivity contribution in [3.8, 4) is 5.75 Å². The Kier molecular flexibility index (Phi) is 7.52. The summed E-state index contributed by atoms with van der Waals surface area (Å²) in [4.78, 5) is 16.3. The zero-order valence-corrected chi connectivity index (χ0v) is 19.7. The van der Waals surface area contributed by atoms with Crippen LogP contribution in [-0.4, -0.2) is 44.7 Å². The van der Waals surface area contributed by atoms with Crippen LogP contribution in [0, 0.1) is 13.8 Å². The summed E-state index contributed by atoms with van der Waals surface area (Å²) >= 11 is 0. The van der Waals surface area contributed by atoms with Gasteiger partial charge in [0.25, 0.3) is 0 Å². The van der Waals surface area contributed by atoms with Crippen molar-refractivity contribution >= 4 is 11.8 Å². The van der Waals surface area contributed by atoms with Crippen LogP contribution in [0.4, 0.5) is 11.8 Å². The fraction of sp³-hybridized carbons (Fsp3) is 0.423. The van der Waals surface area contributed by atoms with Crippen molar-refractivity contribution in [2.75, 3.05) is 25.0 Å². The standard InChI is InChI=1S/C26H33N5O2/c1-4-33-24-11-10-20(14-22(24)17-32)15-31-12-6-7-21(16-31)23-8-5-9-25(29-23)30-26-27-18(2)13-19(3)28-26/h5,8-11,13-14,21,32H,4,6-7,12,15-17H2,1-3H3,(H,27,28,29,30). The number of hydrogen-bond acceptors (Lipinski definition) is 7. The molecule has 1 fully saturated rings. The van der Waals surface area contributed by atoms with E-state index in [0.717, 1.165) is 66.7 Å². The van der Waals surface area contributed by atoms with Gasteiger partial charge in [0.15, 0.2) is 0 Å². The number of piperidine rings is 1. The zero-order chi connectivity index (χ0) is 23.2. The average molecular weight is 448 g/mol. The van der Waals surface area contributed by atoms with E-state index in [1.54, 1.807) is 0 Å². The number of ether oxygens (including phenoxy) is 1. The Balaban J connectivity index is 1.44. The second-order valence-corrected chi connectivity index (χ2v) is 8.65. The molecule has 3 aromatic rings. The summed E-state index contributed by atoms with van der Waals surface area (Å²) in [6.45, 7) is 9.34. The molecule has 0 aliphatic carbocycles.